The molecule has 0 saturated carbocycles. The average molecular weight is 516 g/mol. The van der Waals surface area contributed by atoms with Crippen molar-refractivity contribution in [3.8, 4) is 23.0 Å². The van der Waals surface area contributed by atoms with Gasteiger partial charge in [-0.25, -0.2) is 4.98 Å². The van der Waals surface area contributed by atoms with Crippen LogP contribution in [-0.4, -0.2) is 36.8 Å². The van der Waals surface area contributed by atoms with Crippen LogP contribution in [-0.2, 0) is 26.2 Å². The molecule has 196 valence electrons. The largest absolute Gasteiger partial charge is 0.497 e. The van der Waals surface area contributed by atoms with Gasteiger partial charge in [0.1, 0.15) is 17.8 Å². The highest BCUT2D eigenvalue weighted by atomic mass is 16.7. The van der Waals surface area contributed by atoms with Gasteiger partial charge in [0.15, 0.2) is 17.2 Å². The van der Waals surface area contributed by atoms with Crippen molar-refractivity contribution in [1.82, 2.24) is 15.2 Å². The summed E-state index contributed by atoms with van der Waals surface area (Å²) in [4.78, 5) is 19.3. The molecule has 1 aliphatic heterocycles. The number of hydrogen-bond acceptors (Lipinski definition) is 8. The van der Waals surface area contributed by atoms with Gasteiger partial charge in [-0.05, 0) is 41.5 Å². The Morgan fingerprint density at radius 1 is 0.921 bits per heavy atom. The fourth-order valence-electron chi connectivity index (χ4n) is 4.26. The number of aromatic nitrogens is 1. The van der Waals surface area contributed by atoms with Gasteiger partial charge >= 0.3 is 0 Å². The third-order valence-electron chi connectivity index (χ3n) is 6.16. The summed E-state index contributed by atoms with van der Waals surface area (Å²) in [6.07, 6.45) is 1.39. The van der Waals surface area contributed by atoms with Crippen molar-refractivity contribution in [3.63, 3.8) is 0 Å². The average Bonchev–Trinajstić information content (AvgIpc) is 3.61. The van der Waals surface area contributed by atoms with E-state index in [0.717, 1.165) is 39.7 Å². The summed E-state index contributed by atoms with van der Waals surface area (Å²) in [5, 5.41) is 2.88. The molecule has 0 saturated heterocycles. The minimum Gasteiger partial charge on any atom is -0.497 e. The second-order valence-corrected chi connectivity index (χ2v) is 8.81. The number of rotatable bonds is 11. The molecule has 0 fully saturated rings. The first-order valence-electron chi connectivity index (χ1n) is 12.2. The quantitative estimate of drug-likeness (QED) is 0.311. The van der Waals surface area contributed by atoms with Gasteiger partial charge in [0, 0.05) is 25.2 Å². The number of nitrogens with one attached hydrogen (secondary N) is 1. The molecule has 1 aliphatic rings. The smallest absolute Gasteiger partial charge is 0.273 e. The van der Waals surface area contributed by atoms with Crippen molar-refractivity contribution < 1.29 is 28.2 Å². The number of benzene rings is 3. The third kappa shape index (κ3) is 6.07. The van der Waals surface area contributed by atoms with E-state index in [-0.39, 0.29) is 18.4 Å². The zero-order valence-electron chi connectivity index (χ0n) is 21.3. The first kappa shape index (κ1) is 25.2. The van der Waals surface area contributed by atoms with Crippen LogP contribution >= 0.6 is 0 Å². The van der Waals surface area contributed by atoms with Crippen LogP contribution in [0.2, 0.25) is 0 Å². The molecule has 0 unspecified atom stereocenters. The highest BCUT2D eigenvalue weighted by Gasteiger charge is 2.19. The maximum Gasteiger partial charge on any atom is 0.273 e. The predicted octanol–water partition coefficient (Wildman–Crippen LogP) is 4.55. The molecular formula is C29H29N3O6. The molecule has 5 rings (SSSR count). The number of carbonyl (C=O) groups is 1. The minimum absolute atomic E-state index is 0.217. The molecule has 9 nitrogen and oxygen atoms in total. The Balaban J connectivity index is 1.33. The van der Waals surface area contributed by atoms with Gasteiger partial charge in [-0.2, -0.15) is 0 Å². The van der Waals surface area contributed by atoms with Crippen molar-refractivity contribution >= 4 is 5.91 Å². The molecule has 9 heteroatoms. The van der Waals surface area contributed by atoms with Crippen molar-refractivity contribution in [2.24, 2.45) is 0 Å². The van der Waals surface area contributed by atoms with E-state index in [4.69, 9.17) is 23.4 Å². The van der Waals surface area contributed by atoms with Crippen LogP contribution in [0.25, 0.3) is 0 Å². The minimum atomic E-state index is -0.291. The predicted molar refractivity (Wildman–Crippen MR) is 139 cm³/mol. The van der Waals surface area contributed by atoms with Crippen LogP contribution in [0.5, 0.6) is 23.0 Å². The molecule has 0 aliphatic carbocycles. The summed E-state index contributed by atoms with van der Waals surface area (Å²) < 4.78 is 27.7. The maximum atomic E-state index is 12.7. The molecule has 1 amide bonds. The fraction of sp³-hybridized carbons (Fsp3) is 0.241. The molecule has 1 N–H and O–H groups in total. The van der Waals surface area contributed by atoms with E-state index in [9.17, 15) is 4.79 Å². The number of hydrogen-bond donors (Lipinski definition) is 1. The lowest BCUT2D eigenvalue weighted by Crippen LogP contribution is -2.24. The highest BCUT2D eigenvalue weighted by molar-refractivity contribution is 5.91. The van der Waals surface area contributed by atoms with Gasteiger partial charge in [-0.15, -0.1) is 0 Å². The molecule has 0 bridgehead atoms. The lowest BCUT2D eigenvalue weighted by molar-refractivity contribution is 0.0945. The van der Waals surface area contributed by atoms with E-state index in [0.29, 0.717) is 32.1 Å². The summed E-state index contributed by atoms with van der Waals surface area (Å²) in [6, 6.07) is 21.3. The molecule has 1 aromatic heterocycles. The molecule has 4 aromatic rings. The molecule has 0 atom stereocenters. The Morgan fingerprint density at radius 3 is 2.58 bits per heavy atom. The lowest BCUT2D eigenvalue weighted by atomic mass is 10.1. The van der Waals surface area contributed by atoms with Gasteiger partial charge in [0.25, 0.3) is 5.91 Å². The lowest BCUT2D eigenvalue weighted by Gasteiger charge is -2.22. The fourth-order valence-corrected chi connectivity index (χ4v) is 4.26. The molecule has 2 heterocycles. The van der Waals surface area contributed by atoms with Crippen LogP contribution in [0.3, 0.4) is 0 Å². The zero-order chi connectivity index (χ0) is 26.3. The van der Waals surface area contributed by atoms with Crippen molar-refractivity contribution in [2.75, 3.05) is 21.0 Å². The van der Waals surface area contributed by atoms with E-state index in [1.807, 2.05) is 66.7 Å². The monoisotopic (exact) mass is 515 g/mol. The number of ether oxygens (including phenoxy) is 4. The van der Waals surface area contributed by atoms with Crippen LogP contribution in [0.4, 0.5) is 0 Å². The van der Waals surface area contributed by atoms with Crippen LogP contribution < -0.4 is 24.3 Å². The molecule has 0 radical (unpaired) electrons. The number of amides is 1. The van der Waals surface area contributed by atoms with E-state index in [2.05, 4.69) is 15.2 Å². The summed E-state index contributed by atoms with van der Waals surface area (Å²) in [6.45, 7) is 2.07. The van der Waals surface area contributed by atoms with E-state index >= 15 is 0 Å². The molecule has 38 heavy (non-hydrogen) atoms. The number of carbonyl (C=O) groups excluding carboxylic acids is 1. The molecule has 3 aromatic carbocycles. The van der Waals surface area contributed by atoms with Gasteiger partial charge in [-0.3, -0.25) is 9.69 Å². The van der Waals surface area contributed by atoms with Crippen molar-refractivity contribution in [3.05, 3.63) is 101 Å². The zero-order valence-corrected chi connectivity index (χ0v) is 21.3. The van der Waals surface area contributed by atoms with Crippen LogP contribution in [0, 0.1) is 0 Å². The summed E-state index contributed by atoms with van der Waals surface area (Å²) in [5.41, 5.74) is 3.22. The van der Waals surface area contributed by atoms with Crippen LogP contribution in [0.15, 0.2) is 77.4 Å². The normalized spacial score (nSPS) is 12.0. The first-order valence-corrected chi connectivity index (χ1v) is 12.2. The number of nitrogens with zero attached hydrogens (tertiary/aromatic N) is 2. The topological polar surface area (TPSA) is 95.3 Å². The molecule has 0 spiro atoms. The van der Waals surface area contributed by atoms with Gasteiger partial charge in [0.05, 0.1) is 20.8 Å². The summed E-state index contributed by atoms with van der Waals surface area (Å²) in [5.74, 6) is 3.06. The maximum absolute atomic E-state index is 12.7. The second-order valence-electron chi connectivity index (χ2n) is 8.81. The van der Waals surface area contributed by atoms with E-state index < -0.39 is 0 Å². The van der Waals surface area contributed by atoms with E-state index in [1.165, 1.54) is 6.26 Å². The second kappa shape index (κ2) is 11.7. The Bertz CT molecular complexity index is 1390. The standard InChI is InChI=1S/C29H29N3O6/c1-34-23-9-11-25(35-2)22(13-23)16-32(15-21-8-10-26-27(12-21)38-19-37-26)17-28-31-24(18-36-28)29(33)30-14-20-6-4-3-5-7-20/h3-13,18H,14-17,19H2,1-2H3,(H,30,33). The van der Waals surface area contributed by atoms with Gasteiger partial charge < -0.3 is 28.7 Å². The third-order valence-corrected chi connectivity index (χ3v) is 6.16. The Kier molecular flexibility index (Phi) is 7.75. The molecular weight excluding hydrogens is 486 g/mol. The first-order chi connectivity index (χ1) is 18.6. The number of methoxy groups -OCH3 is 2. The van der Waals surface area contributed by atoms with Crippen molar-refractivity contribution in [2.45, 2.75) is 26.2 Å². The highest BCUT2D eigenvalue weighted by Crippen LogP contribution is 2.33. The Labute approximate surface area is 220 Å². The Morgan fingerprint density at radius 2 is 1.76 bits per heavy atom. The number of fused-ring (bicyclic) bond motifs is 1. The van der Waals surface area contributed by atoms with Gasteiger partial charge in [0.2, 0.25) is 12.7 Å². The van der Waals surface area contributed by atoms with E-state index in [1.54, 1.807) is 14.2 Å². The summed E-state index contributed by atoms with van der Waals surface area (Å²) in [7, 11) is 3.27. The van der Waals surface area contributed by atoms with Gasteiger partial charge in [-0.1, -0.05) is 36.4 Å². The Hall–Kier alpha value is -4.50. The summed E-state index contributed by atoms with van der Waals surface area (Å²) >= 11 is 0. The van der Waals surface area contributed by atoms with Crippen LogP contribution in [0.1, 0.15) is 33.1 Å². The SMILES string of the molecule is COc1ccc(OC)c(CN(Cc2ccc3c(c2)OCO3)Cc2nc(C(=O)NCc3ccccc3)co2)c1. The number of oxazole rings is 1. The van der Waals surface area contributed by atoms with Crippen molar-refractivity contribution in [1.29, 1.82) is 0 Å².